The highest BCUT2D eigenvalue weighted by Crippen LogP contribution is 2.43. The molecule has 90 valence electrons. The lowest BCUT2D eigenvalue weighted by Gasteiger charge is -2.24. The van der Waals surface area contributed by atoms with Crippen molar-refractivity contribution < 1.29 is 9.90 Å². The molecule has 1 fully saturated rings. The highest BCUT2D eigenvalue weighted by Gasteiger charge is 2.43. The van der Waals surface area contributed by atoms with E-state index < -0.39 is 11.4 Å². The first-order chi connectivity index (χ1) is 8.22. The number of fused-ring (bicyclic) bond motifs is 1. The Bertz CT molecular complexity index is 461. The van der Waals surface area contributed by atoms with E-state index >= 15 is 0 Å². The van der Waals surface area contributed by atoms with Gasteiger partial charge in [-0.1, -0.05) is 25.0 Å². The van der Waals surface area contributed by atoms with E-state index in [2.05, 4.69) is 12.1 Å². The van der Waals surface area contributed by atoms with E-state index in [1.807, 2.05) is 17.8 Å². The molecule has 1 N–H and O–H groups in total. The molecular weight excluding hydrogens is 232 g/mol. The summed E-state index contributed by atoms with van der Waals surface area (Å²) in [6.07, 6.45) is 4.80. The van der Waals surface area contributed by atoms with Crippen LogP contribution in [0.4, 0.5) is 0 Å². The molecule has 0 aromatic heterocycles. The number of rotatable bonds is 2. The average Bonchev–Trinajstić information content (AvgIpc) is 2.97. The third kappa shape index (κ3) is 1.68. The number of thioether (sulfide) groups is 1. The van der Waals surface area contributed by atoms with Gasteiger partial charge in [-0.2, -0.15) is 0 Å². The Morgan fingerprint density at radius 3 is 2.76 bits per heavy atom. The Morgan fingerprint density at radius 1 is 1.29 bits per heavy atom. The zero-order valence-electron chi connectivity index (χ0n) is 9.74. The molecule has 2 aliphatic rings. The van der Waals surface area contributed by atoms with Gasteiger partial charge in [0.1, 0.15) is 0 Å². The van der Waals surface area contributed by atoms with Crippen LogP contribution in [-0.2, 0) is 16.6 Å². The lowest BCUT2D eigenvalue weighted by molar-refractivity contribution is -0.143. The van der Waals surface area contributed by atoms with Gasteiger partial charge in [-0.05, 0) is 36.5 Å². The van der Waals surface area contributed by atoms with E-state index in [-0.39, 0.29) is 0 Å². The van der Waals surface area contributed by atoms with Gasteiger partial charge in [0.05, 0.1) is 5.41 Å². The van der Waals surface area contributed by atoms with Crippen molar-refractivity contribution in [3.63, 3.8) is 0 Å². The summed E-state index contributed by atoms with van der Waals surface area (Å²) in [6.45, 7) is 0. The highest BCUT2D eigenvalue weighted by molar-refractivity contribution is 7.99. The predicted octanol–water partition coefficient (Wildman–Crippen LogP) is 3.23. The summed E-state index contributed by atoms with van der Waals surface area (Å²) in [5.74, 6) is 0.497. The van der Waals surface area contributed by atoms with Crippen molar-refractivity contribution in [3.8, 4) is 0 Å². The van der Waals surface area contributed by atoms with E-state index in [1.54, 1.807) is 0 Å². The Morgan fingerprint density at radius 2 is 2.06 bits per heavy atom. The first kappa shape index (κ1) is 11.1. The Labute approximate surface area is 105 Å². The van der Waals surface area contributed by atoms with E-state index in [4.69, 9.17) is 0 Å². The Kier molecular flexibility index (Phi) is 2.66. The van der Waals surface area contributed by atoms with Gasteiger partial charge < -0.3 is 5.11 Å². The maximum absolute atomic E-state index is 11.6. The topological polar surface area (TPSA) is 37.3 Å². The fraction of sp³-hybridized carbons (Fsp3) is 0.500. The summed E-state index contributed by atoms with van der Waals surface area (Å²) < 4.78 is 0. The normalized spacial score (nSPS) is 21.4. The van der Waals surface area contributed by atoms with Crippen LogP contribution in [0.1, 0.15) is 36.8 Å². The summed E-state index contributed by atoms with van der Waals surface area (Å²) >= 11 is 1.86. The predicted molar refractivity (Wildman–Crippen MR) is 68.7 cm³/mol. The van der Waals surface area contributed by atoms with Crippen molar-refractivity contribution in [1.82, 2.24) is 0 Å². The largest absolute Gasteiger partial charge is 0.481 e. The molecule has 1 saturated carbocycles. The number of hydrogen-bond acceptors (Lipinski definition) is 2. The van der Waals surface area contributed by atoms with E-state index in [0.717, 1.165) is 43.4 Å². The van der Waals surface area contributed by atoms with Crippen LogP contribution in [0.2, 0.25) is 0 Å². The molecule has 0 radical (unpaired) electrons. The molecule has 0 unspecified atom stereocenters. The van der Waals surface area contributed by atoms with Gasteiger partial charge in [-0.15, -0.1) is 11.8 Å². The molecule has 3 rings (SSSR count). The van der Waals surface area contributed by atoms with Crippen LogP contribution in [0.15, 0.2) is 23.1 Å². The number of aliphatic carboxylic acids is 1. The lowest BCUT2D eigenvalue weighted by Crippen LogP contribution is -2.32. The van der Waals surface area contributed by atoms with Gasteiger partial charge in [0.2, 0.25) is 0 Å². The van der Waals surface area contributed by atoms with Gasteiger partial charge in [-0.3, -0.25) is 4.79 Å². The molecule has 0 atom stereocenters. The van der Waals surface area contributed by atoms with Crippen LogP contribution in [0.5, 0.6) is 0 Å². The van der Waals surface area contributed by atoms with E-state index in [9.17, 15) is 9.90 Å². The number of carboxylic acid groups (broad SMARTS) is 1. The molecule has 0 amide bonds. The molecule has 1 aliphatic heterocycles. The molecule has 1 heterocycles. The first-order valence-corrected chi connectivity index (χ1v) is 7.20. The fourth-order valence-corrected chi connectivity index (χ4v) is 4.18. The van der Waals surface area contributed by atoms with Gasteiger partial charge in [0.15, 0.2) is 0 Å². The van der Waals surface area contributed by atoms with E-state index in [1.165, 1.54) is 10.5 Å². The summed E-state index contributed by atoms with van der Waals surface area (Å²) in [6, 6.07) is 6.31. The lowest BCUT2D eigenvalue weighted by atomic mass is 9.78. The molecule has 0 saturated heterocycles. The number of benzene rings is 1. The SMILES string of the molecule is O=C(O)C1(c2ccc3c(c2)SCC3)CCCC1. The summed E-state index contributed by atoms with van der Waals surface area (Å²) in [5.41, 5.74) is 1.81. The van der Waals surface area contributed by atoms with Crippen molar-refractivity contribution in [2.45, 2.75) is 42.4 Å². The molecule has 0 spiro atoms. The number of carbonyl (C=O) groups is 1. The maximum Gasteiger partial charge on any atom is 0.314 e. The zero-order valence-corrected chi connectivity index (χ0v) is 10.6. The number of aryl methyl sites for hydroxylation is 1. The van der Waals surface area contributed by atoms with Crippen molar-refractivity contribution in [2.75, 3.05) is 5.75 Å². The van der Waals surface area contributed by atoms with Crippen molar-refractivity contribution >= 4 is 17.7 Å². The molecule has 2 nitrogen and oxygen atoms in total. The third-order valence-electron chi connectivity index (χ3n) is 4.12. The van der Waals surface area contributed by atoms with E-state index in [0.29, 0.717) is 0 Å². The summed E-state index contributed by atoms with van der Waals surface area (Å²) in [5, 5.41) is 9.56. The Balaban J connectivity index is 2.05. The minimum Gasteiger partial charge on any atom is -0.481 e. The third-order valence-corrected chi connectivity index (χ3v) is 5.21. The second kappa shape index (κ2) is 4.05. The van der Waals surface area contributed by atoms with Crippen LogP contribution >= 0.6 is 11.8 Å². The smallest absolute Gasteiger partial charge is 0.314 e. The van der Waals surface area contributed by atoms with Crippen molar-refractivity contribution in [3.05, 3.63) is 29.3 Å². The molecule has 3 heteroatoms. The summed E-state index contributed by atoms with van der Waals surface area (Å²) in [4.78, 5) is 12.9. The van der Waals surface area contributed by atoms with Gasteiger partial charge in [0.25, 0.3) is 0 Å². The molecule has 1 aromatic carbocycles. The van der Waals surface area contributed by atoms with Crippen LogP contribution in [0.3, 0.4) is 0 Å². The van der Waals surface area contributed by atoms with Gasteiger partial charge in [-0.25, -0.2) is 0 Å². The van der Waals surface area contributed by atoms with Crippen molar-refractivity contribution in [2.24, 2.45) is 0 Å². The van der Waals surface area contributed by atoms with Crippen LogP contribution in [0.25, 0.3) is 0 Å². The maximum atomic E-state index is 11.6. The van der Waals surface area contributed by atoms with Gasteiger partial charge >= 0.3 is 5.97 Å². The van der Waals surface area contributed by atoms with Crippen molar-refractivity contribution in [1.29, 1.82) is 0 Å². The molecular formula is C14H16O2S. The minimum absolute atomic E-state index is 0.599. The highest BCUT2D eigenvalue weighted by atomic mass is 32.2. The molecule has 1 aromatic rings. The number of carboxylic acids is 1. The second-order valence-electron chi connectivity index (χ2n) is 5.02. The molecule has 17 heavy (non-hydrogen) atoms. The second-order valence-corrected chi connectivity index (χ2v) is 6.15. The van der Waals surface area contributed by atoms with Gasteiger partial charge in [0, 0.05) is 10.6 Å². The van der Waals surface area contributed by atoms with Crippen LogP contribution in [-0.4, -0.2) is 16.8 Å². The van der Waals surface area contributed by atoms with Crippen LogP contribution in [0, 0.1) is 0 Å². The number of hydrogen-bond donors (Lipinski definition) is 1. The quantitative estimate of drug-likeness (QED) is 0.873. The minimum atomic E-state index is -0.641. The fourth-order valence-electron chi connectivity index (χ4n) is 3.07. The van der Waals surface area contributed by atoms with Crippen LogP contribution < -0.4 is 0 Å². The first-order valence-electron chi connectivity index (χ1n) is 6.22. The molecule has 0 bridgehead atoms. The monoisotopic (exact) mass is 248 g/mol. The zero-order chi connectivity index (χ0) is 11.9. The summed E-state index contributed by atoms with van der Waals surface area (Å²) in [7, 11) is 0. The molecule has 1 aliphatic carbocycles. The average molecular weight is 248 g/mol. The Hall–Kier alpha value is -0.960. The standard InChI is InChI=1S/C14H16O2S/c15-13(16)14(6-1-2-7-14)11-4-3-10-5-8-17-12(10)9-11/h3-4,9H,1-2,5-8H2,(H,15,16).